The van der Waals surface area contributed by atoms with E-state index in [-0.39, 0.29) is 11.8 Å². The van der Waals surface area contributed by atoms with Crippen molar-refractivity contribution in [3.63, 3.8) is 0 Å². The number of amides is 1. The summed E-state index contributed by atoms with van der Waals surface area (Å²) in [6, 6.07) is 17.3. The minimum absolute atomic E-state index is 0.0270. The lowest BCUT2D eigenvalue weighted by Crippen LogP contribution is -2.30. The number of ether oxygens (including phenoxy) is 2. The van der Waals surface area contributed by atoms with Crippen LogP contribution in [0.25, 0.3) is 10.9 Å². The molecule has 6 nitrogen and oxygen atoms in total. The largest absolute Gasteiger partial charge is 0.490 e. The lowest BCUT2D eigenvalue weighted by atomic mass is 9.94. The zero-order valence-corrected chi connectivity index (χ0v) is 17.7. The highest BCUT2D eigenvalue weighted by Crippen LogP contribution is 2.28. The average Bonchev–Trinajstić information content (AvgIpc) is 3.17. The summed E-state index contributed by atoms with van der Waals surface area (Å²) in [5.74, 6) is 0.402. The number of para-hydroxylation sites is 2. The maximum Gasteiger partial charge on any atom is 0.257 e. The van der Waals surface area contributed by atoms with Gasteiger partial charge in [0.2, 0.25) is 0 Å². The van der Waals surface area contributed by atoms with Crippen LogP contribution < -0.4 is 4.74 Å². The van der Waals surface area contributed by atoms with Gasteiger partial charge in [-0.1, -0.05) is 30.3 Å². The second kappa shape index (κ2) is 9.90. The number of fused-ring (bicyclic) bond motifs is 1. The Morgan fingerprint density at radius 1 is 1.10 bits per heavy atom. The van der Waals surface area contributed by atoms with Crippen LogP contribution in [0.3, 0.4) is 0 Å². The summed E-state index contributed by atoms with van der Waals surface area (Å²) in [7, 11) is 0. The van der Waals surface area contributed by atoms with Crippen LogP contribution in [0, 0.1) is 5.92 Å². The van der Waals surface area contributed by atoms with Gasteiger partial charge in [0.1, 0.15) is 12.4 Å². The zero-order chi connectivity index (χ0) is 21.6. The average molecular weight is 421 g/mol. The van der Waals surface area contributed by atoms with E-state index >= 15 is 0 Å². The Hall–Kier alpha value is -2.96. The van der Waals surface area contributed by atoms with Crippen molar-refractivity contribution >= 4 is 16.8 Å². The monoisotopic (exact) mass is 420 g/mol. The number of hydrogen-bond acceptors (Lipinski definition) is 5. The third-order valence-corrected chi connectivity index (χ3v) is 5.72. The van der Waals surface area contributed by atoms with Gasteiger partial charge in [-0.3, -0.25) is 9.78 Å². The third-order valence-electron chi connectivity index (χ3n) is 5.72. The van der Waals surface area contributed by atoms with Crippen LogP contribution in [0.2, 0.25) is 0 Å². The van der Waals surface area contributed by atoms with Gasteiger partial charge in [0.25, 0.3) is 5.91 Å². The molecular formula is C25H28N2O4. The fourth-order valence-corrected chi connectivity index (χ4v) is 4.13. The molecule has 1 amide bonds. The van der Waals surface area contributed by atoms with Gasteiger partial charge < -0.3 is 19.5 Å². The number of aliphatic hydroxyl groups excluding tert-OH is 1. The number of carbonyl (C=O) groups excluding carboxylic acids is 1. The van der Waals surface area contributed by atoms with E-state index in [9.17, 15) is 9.90 Å². The number of likely N-dealkylation sites (tertiary alicyclic amines) is 1. The number of aromatic nitrogens is 1. The molecule has 31 heavy (non-hydrogen) atoms. The predicted molar refractivity (Wildman–Crippen MR) is 119 cm³/mol. The van der Waals surface area contributed by atoms with Gasteiger partial charge in [0.05, 0.1) is 23.8 Å². The molecule has 1 aliphatic rings. The Morgan fingerprint density at radius 3 is 2.77 bits per heavy atom. The second-order valence-electron chi connectivity index (χ2n) is 7.77. The Balaban J connectivity index is 1.46. The summed E-state index contributed by atoms with van der Waals surface area (Å²) in [6.45, 7) is 4.25. The molecule has 1 aliphatic heterocycles. The molecule has 0 spiro atoms. The molecule has 3 aromatic rings. The van der Waals surface area contributed by atoms with Crippen LogP contribution in [-0.4, -0.2) is 59.9 Å². The molecule has 1 N–H and O–H groups in total. The number of aliphatic hydroxyl groups is 1. The van der Waals surface area contributed by atoms with E-state index in [0.29, 0.717) is 50.6 Å². The molecule has 2 aromatic carbocycles. The van der Waals surface area contributed by atoms with Gasteiger partial charge in [-0.15, -0.1) is 0 Å². The summed E-state index contributed by atoms with van der Waals surface area (Å²) in [4.78, 5) is 19.3. The fraction of sp³-hybridized carbons (Fsp3) is 0.360. The van der Waals surface area contributed by atoms with Crippen LogP contribution in [0.15, 0.2) is 60.8 Å². The maximum absolute atomic E-state index is 13.2. The van der Waals surface area contributed by atoms with Crippen molar-refractivity contribution in [2.75, 3.05) is 32.9 Å². The number of hydrogen-bond donors (Lipinski definition) is 1. The lowest BCUT2D eigenvalue weighted by molar-refractivity contribution is 0.0754. The van der Waals surface area contributed by atoms with Crippen LogP contribution >= 0.6 is 0 Å². The van der Waals surface area contributed by atoms with Gasteiger partial charge in [-0.05, 0) is 43.2 Å². The van der Waals surface area contributed by atoms with Gasteiger partial charge in [0, 0.05) is 37.2 Å². The number of β-amino-alcohol motifs (C(OH)–C–C–N with tert-alkyl or cyclic N) is 1. The van der Waals surface area contributed by atoms with E-state index in [1.807, 2.05) is 43.3 Å². The van der Waals surface area contributed by atoms with E-state index in [0.717, 1.165) is 16.5 Å². The Morgan fingerprint density at radius 2 is 1.90 bits per heavy atom. The van der Waals surface area contributed by atoms with Crippen molar-refractivity contribution in [1.29, 1.82) is 0 Å². The summed E-state index contributed by atoms with van der Waals surface area (Å²) in [5.41, 5.74) is 2.60. The van der Waals surface area contributed by atoms with Gasteiger partial charge in [0.15, 0.2) is 0 Å². The molecule has 0 radical (unpaired) electrons. The standard InChI is InChI=1S/C25H28N2O4/c1-2-30-13-14-31-24-10-6-4-8-21(24)25(29)27-16-19(23(28)17-27)15-18-11-12-26-22-9-5-3-7-20(18)22/h3-12,19,23,28H,2,13-17H2,1H3. The van der Waals surface area contributed by atoms with Crippen molar-refractivity contribution < 1.29 is 19.4 Å². The van der Waals surface area contributed by atoms with Crippen molar-refractivity contribution in [3.8, 4) is 5.75 Å². The van der Waals surface area contributed by atoms with E-state index in [4.69, 9.17) is 9.47 Å². The smallest absolute Gasteiger partial charge is 0.257 e. The second-order valence-corrected chi connectivity index (χ2v) is 7.77. The van der Waals surface area contributed by atoms with Crippen molar-refractivity contribution in [2.45, 2.75) is 19.4 Å². The molecule has 2 heterocycles. The summed E-state index contributed by atoms with van der Waals surface area (Å²) in [5, 5.41) is 11.8. The van der Waals surface area contributed by atoms with E-state index in [2.05, 4.69) is 11.1 Å². The number of carbonyl (C=O) groups is 1. The first-order chi connectivity index (χ1) is 15.2. The minimum Gasteiger partial charge on any atom is -0.490 e. The van der Waals surface area contributed by atoms with Crippen LogP contribution in [0.1, 0.15) is 22.8 Å². The predicted octanol–water partition coefficient (Wildman–Crippen LogP) is 3.33. The van der Waals surface area contributed by atoms with E-state index < -0.39 is 6.10 Å². The molecule has 1 saturated heterocycles. The lowest BCUT2D eigenvalue weighted by Gasteiger charge is -2.19. The van der Waals surface area contributed by atoms with Crippen molar-refractivity contribution in [2.24, 2.45) is 5.92 Å². The molecule has 1 fully saturated rings. The number of pyridine rings is 1. The normalized spacial score (nSPS) is 18.5. The molecule has 6 heteroatoms. The minimum atomic E-state index is -0.568. The highest BCUT2D eigenvalue weighted by molar-refractivity contribution is 5.97. The Labute approximate surface area is 182 Å². The molecule has 2 unspecified atom stereocenters. The first kappa shape index (κ1) is 21.3. The topological polar surface area (TPSA) is 71.9 Å². The molecule has 0 bridgehead atoms. The van der Waals surface area contributed by atoms with Gasteiger partial charge >= 0.3 is 0 Å². The van der Waals surface area contributed by atoms with Crippen LogP contribution in [0.4, 0.5) is 0 Å². The van der Waals surface area contributed by atoms with Crippen LogP contribution in [-0.2, 0) is 11.2 Å². The maximum atomic E-state index is 13.2. The first-order valence-corrected chi connectivity index (χ1v) is 10.8. The van der Waals surface area contributed by atoms with E-state index in [1.54, 1.807) is 23.2 Å². The zero-order valence-electron chi connectivity index (χ0n) is 17.7. The fourth-order valence-electron chi connectivity index (χ4n) is 4.13. The Bertz CT molecular complexity index is 1030. The molecule has 2 atom stereocenters. The van der Waals surface area contributed by atoms with Gasteiger partial charge in [-0.25, -0.2) is 0 Å². The number of benzene rings is 2. The highest BCUT2D eigenvalue weighted by atomic mass is 16.5. The van der Waals surface area contributed by atoms with Crippen molar-refractivity contribution in [3.05, 3.63) is 71.9 Å². The number of nitrogens with zero attached hydrogens (tertiary/aromatic N) is 2. The summed E-state index contributed by atoms with van der Waals surface area (Å²) >= 11 is 0. The molecule has 0 saturated carbocycles. The SMILES string of the molecule is CCOCCOc1ccccc1C(=O)N1CC(O)C(Cc2ccnc3ccccc23)C1. The summed E-state index contributed by atoms with van der Waals surface area (Å²) < 4.78 is 11.1. The van der Waals surface area contributed by atoms with Crippen LogP contribution in [0.5, 0.6) is 5.75 Å². The first-order valence-electron chi connectivity index (χ1n) is 10.8. The molecule has 4 rings (SSSR count). The van der Waals surface area contributed by atoms with E-state index in [1.165, 1.54) is 0 Å². The summed E-state index contributed by atoms with van der Waals surface area (Å²) in [6.07, 6.45) is 1.93. The molecular weight excluding hydrogens is 392 g/mol. The third kappa shape index (κ3) is 4.86. The van der Waals surface area contributed by atoms with Crippen molar-refractivity contribution in [1.82, 2.24) is 9.88 Å². The van der Waals surface area contributed by atoms with Gasteiger partial charge in [-0.2, -0.15) is 0 Å². The molecule has 162 valence electrons. The molecule has 1 aromatic heterocycles. The quantitative estimate of drug-likeness (QED) is 0.566. The highest BCUT2D eigenvalue weighted by Gasteiger charge is 2.35. The molecule has 0 aliphatic carbocycles. The number of rotatable bonds is 8. The Kier molecular flexibility index (Phi) is 6.79.